The van der Waals surface area contributed by atoms with Crippen molar-refractivity contribution in [2.45, 2.75) is 31.7 Å². The molecule has 0 aliphatic carbocycles. The predicted octanol–water partition coefficient (Wildman–Crippen LogP) is 1.59. The average Bonchev–Trinajstić information content (AvgIpc) is 2.47. The van der Waals surface area contributed by atoms with E-state index in [4.69, 9.17) is 5.73 Å². The van der Waals surface area contributed by atoms with Crippen molar-refractivity contribution in [3.05, 3.63) is 29.8 Å². The van der Waals surface area contributed by atoms with Gasteiger partial charge >= 0.3 is 0 Å². The normalized spacial score (nSPS) is 27.1. The summed E-state index contributed by atoms with van der Waals surface area (Å²) in [4.78, 5) is 2.41. The van der Waals surface area contributed by atoms with Crippen molar-refractivity contribution >= 4 is 15.5 Å². The van der Waals surface area contributed by atoms with E-state index in [0.29, 0.717) is 25.3 Å². The smallest absolute Gasteiger partial charge is 0.150 e. The van der Waals surface area contributed by atoms with Gasteiger partial charge in [-0.15, -0.1) is 0 Å². The molecule has 2 aliphatic heterocycles. The first kappa shape index (κ1) is 14.9. The summed E-state index contributed by atoms with van der Waals surface area (Å²) in [5.74, 6) is 1.09. The minimum atomic E-state index is -2.88. The van der Waals surface area contributed by atoms with Crippen LogP contribution in [0.4, 0.5) is 5.69 Å². The summed E-state index contributed by atoms with van der Waals surface area (Å²) in [5.41, 5.74) is 8.53. The molecule has 1 fully saturated rings. The van der Waals surface area contributed by atoms with Crippen molar-refractivity contribution in [2.24, 2.45) is 11.7 Å². The van der Waals surface area contributed by atoms with E-state index in [-0.39, 0.29) is 17.0 Å². The number of fused-ring (bicyclic) bond motifs is 1. The number of nitrogens with zero attached hydrogens (tertiary/aromatic N) is 1. The zero-order chi connectivity index (χ0) is 15.1. The van der Waals surface area contributed by atoms with E-state index < -0.39 is 9.84 Å². The van der Waals surface area contributed by atoms with Gasteiger partial charge in [-0.3, -0.25) is 0 Å². The summed E-state index contributed by atoms with van der Waals surface area (Å²) in [6.07, 6.45) is 2.38. The number of hydrogen-bond acceptors (Lipinski definition) is 4. The molecule has 116 valence electrons. The van der Waals surface area contributed by atoms with Crippen LogP contribution in [0, 0.1) is 5.92 Å². The maximum Gasteiger partial charge on any atom is 0.150 e. The number of benzene rings is 1. The summed E-state index contributed by atoms with van der Waals surface area (Å²) in [6.45, 7) is 3.74. The highest BCUT2D eigenvalue weighted by Crippen LogP contribution is 2.39. The van der Waals surface area contributed by atoms with Crippen molar-refractivity contribution in [3.63, 3.8) is 0 Å². The Hall–Kier alpha value is -1.07. The zero-order valence-corrected chi connectivity index (χ0v) is 13.4. The van der Waals surface area contributed by atoms with E-state index in [0.717, 1.165) is 13.0 Å². The first-order chi connectivity index (χ1) is 9.96. The lowest BCUT2D eigenvalue weighted by Crippen LogP contribution is -2.60. The van der Waals surface area contributed by atoms with Gasteiger partial charge < -0.3 is 10.6 Å². The van der Waals surface area contributed by atoms with Crippen LogP contribution in [-0.4, -0.2) is 38.6 Å². The van der Waals surface area contributed by atoms with Crippen LogP contribution in [0.3, 0.4) is 0 Å². The number of rotatable bonds is 2. The fourth-order valence-corrected chi connectivity index (χ4v) is 5.33. The number of hydrogen-bond donors (Lipinski definition) is 1. The third kappa shape index (κ3) is 2.69. The molecule has 1 aromatic carbocycles. The van der Waals surface area contributed by atoms with Crippen LogP contribution in [0.1, 0.15) is 25.3 Å². The average molecular weight is 308 g/mol. The van der Waals surface area contributed by atoms with Crippen molar-refractivity contribution in [2.75, 3.05) is 29.5 Å². The van der Waals surface area contributed by atoms with Crippen LogP contribution in [0.25, 0.3) is 0 Å². The Labute approximate surface area is 127 Å². The maximum absolute atomic E-state index is 11.8. The summed E-state index contributed by atoms with van der Waals surface area (Å²) < 4.78 is 23.6. The van der Waals surface area contributed by atoms with Crippen molar-refractivity contribution in [1.29, 1.82) is 0 Å². The molecule has 1 unspecified atom stereocenters. The molecular weight excluding hydrogens is 284 g/mol. The molecular formula is C16H24N2O2S. The second kappa shape index (κ2) is 5.29. The largest absolute Gasteiger partial charge is 0.364 e. The molecule has 0 bridgehead atoms. The molecule has 5 heteroatoms. The Morgan fingerprint density at radius 3 is 2.62 bits per heavy atom. The van der Waals surface area contributed by atoms with Gasteiger partial charge in [-0.1, -0.05) is 25.1 Å². The maximum atomic E-state index is 11.8. The Morgan fingerprint density at radius 2 is 1.95 bits per heavy atom. The molecule has 2 heterocycles. The van der Waals surface area contributed by atoms with Gasteiger partial charge in [-0.25, -0.2) is 8.42 Å². The molecule has 1 saturated heterocycles. The first-order valence-corrected chi connectivity index (χ1v) is 9.54. The van der Waals surface area contributed by atoms with Gasteiger partial charge in [0.15, 0.2) is 9.84 Å². The first-order valence-electron chi connectivity index (χ1n) is 7.72. The topological polar surface area (TPSA) is 63.4 Å². The summed E-state index contributed by atoms with van der Waals surface area (Å²) in [5, 5.41) is 0. The number of sulfone groups is 1. The molecule has 2 N–H and O–H groups in total. The molecule has 1 atom stereocenters. The highest BCUT2D eigenvalue weighted by Gasteiger charge is 2.43. The molecule has 21 heavy (non-hydrogen) atoms. The fraction of sp³-hybridized carbons (Fsp3) is 0.625. The Morgan fingerprint density at radius 1 is 1.29 bits per heavy atom. The molecule has 2 aliphatic rings. The Kier molecular flexibility index (Phi) is 3.74. The van der Waals surface area contributed by atoms with Crippen LogP contribution in [-0.2, 0) is 16.3 Å². The molecule has 0 radical (unpaired) electrons. The fourth-order valence-electron chi connectivity index (χ4n) is 3.75. The van der Waals surface area contributed by atoms with E-state index in [1.54, 1.807) is 0 Å². The lowest BCUT2D eigenvalue weighted by atomic mass is 9.84. The number of nitrogens with two attached hydrogens (primary N) is 1. The van der Waals surface area contributed by atoms with E-state index in [2.05, 4.69) is 36.1 Å². The second-order valence-electron chi connectivity index (χ2n) is 6.63. The number of anilines is 1. The van der Waals surface area contributed by atoms with Gasteiger partial charge in [0.2, 0.25) is 0 Å². The SMILES string of the molecule is CC1Cc2ccccc2N(C2(CN)CCS(=O)(=O)CC2)C1. The van der Waals surface area contributed by atoms with Gasteiger partial charge in [0.1, 0.15) is 0 Å². The predicted molar refractivity (Wildman–Crippen MR) is 86.3 cm³/mol. The lowest BCUT2D eigenvalue weighted by molar-refractivity contribution is 0.329. The monoisotopic (exact) mass is 308 g/mol. The van der Waals surface area contributed by atoms with Gasteiger partial charge in [-0.05, 0) is 36.8 Å². The van der Waals surface area contributed by atoms with Crippen LogP contribution in [0.2, 0.25) is 0 Å². The van der Waals surface area contributed by atoms with Crippen molar-refractivity contribution in [1.82, 2.24) is 0 Å². The number of para-hydroxylation sites is 1. The van der Waals surface area contributed by atoms with Crippen molar-refractivity contribution in [3.8, 4) is 0 Å². The van der Waals surface area contributed by atoms with Crippen LogP contribution in [0.15, 0.2) is 24.3 Å². The Balaban J connectivity index is 1.98. The highest BCUT2D eigenvalue weighted by atomic mass is 32.2. The molecule has 0 saturated carbocycles. The van der Waals surface area contributed by atoms with Gasteiger partial charge in [0, 0.05) is 18.8 Å². The minimum Gasteiger partial charge on any atom is -0.364 e. The summed E-state index contributed by atoms with van der Waals surface area (Å²) >= 11 is 0. The second-order valence-corrected chi connectivity index (χ2v) is 8.93. The van der Waals surface area contributed by atoms with E-state index in [9.17, 15) is 8.42 Å². The minimum absolute atomic E-state index is 0.198. The zero-order valence-electron chi connectivity index (χ0n) is 12.6. The Bertz CT molecular complexity index is 613. The van der Waals surface area contributed by atoms with Gasteiger partial charge in [-0.2, -0.15) is 0 Å². The molecule has 4 nitrogen and oxygen atoms in total. The summed E-state index contributed by atoms with van der Waals surface area (Å²) in [7, 11) is -2.88. The third-order valence-corrected chi connectivity index (χ3v) is 6.71. The third-order valence-electron chi connectivity index (χ3n) is 5.05. The highest BCUT2D eigenvalue weighted by molar-refractivity contribution is 7.91. The van der Waals surface area contributed by atoms with Crippen LogP contribution < -0.4 is 10.6 Å². The van der Waals surface area contributed by atoms with Crippen molar-refractivity contribution < 1.29 is 8.42 Å². The van der Waals surface area contributed by atoms with Crippen LogP contribution >= 0.6 is 0 Å². The molecule has 1 aromatic rings. The van der Waals surface area contributed by atoms with E-state index >= 15 is 0 Å². The van der Waals surface area contributed by atoms with Gasteiger partial charge in [0.05, 0.1) is 17.0 Å². The molecule has 0 spiro atoms. The van der Waals surface area contributed by atoms with E-state index in [1.165, 1.54) is 11.3 Å². The van der Waals surface area contributed by atoms with Gasteiger partial charge in [0.25, 0.3) is 0 Å². The molecule has 3 rings (SSSR count). The molecule has 0 amide bonds. The lowest BCUT2D eigenvalue weighted by Gasteiger charge is -2.50. The summed E-state index contributed by atoms with van der Waals surface area (Å²) in [6, 6.07) is 8.48. The standard InChI is InChI=1S/C16H24N2O2S/c1-13-10-14-4-2-3-5-15(14)18(11-13)16(12-17)6-8-21(19,20)9-7-16/h2-5,13H,6-12,17H2,1H3. The van der Waals surface area contributed by atoms with E-state index in [1.807, 2.05) is 0 Å². The van der Waals surface area contributed by atoms with Crippen LogP contribution in [0.5, 0.6) is 0 Å². The quantitative estimate of drug-likeness (QED) is 0.901. The molecule has 0 aromatic heterocycles.